The number of anilines is 1. The van der Waals surface area contributed by atoms with Crippen LogP contribution in [0, 0.1) is 5.92 Å². The molecule has 0 amide bonds. The fourth-order valence-corrected chi connectivity index (χ4v) is 1.96. The van der Waals surface area contributed by atoms with Crippen molar-refractivity contribution in [3.8, 4) is 0 Å². The summed E-state index contributed by atoms with van der Waals surface area (Å²) in [5.41, 5.74) is 1.16. The van der Waals surface area contributed by atoms with E-state index in [1.54, 1.807) is 18.4 Å². The first-order valence-corrected chi connectivity index (χ1v) is 5.81. The Bertz CT molecular complexity index is 262. The zero-order valence-corrected chi connectivity index (χ0v) is 9.86. The molecule has 1 aromatic heterocycles. The lowest BCUT2D eigenvalue weighted by Gasteiger charge is -2.09. The summed E-state index contributed by atoms with van der Waals surface area (Å²) < 4.78 is 5.06. The van der Waals surface area contributed by atoms with Gasteiger partial charge in [-0.2, -0.15) is 0 Å². The van der Waals surface area contributed by atoms with E-state index in [0.717, 1.165) is 30.4 Å². The van der Waals surface area contributed by atoms with E-state index >= 15 is 0 Å². The molecule has 0 saturated heterocycles. The molecule has 0 spiro atoms. The van der Waals surface area contributed by atoms with Crippen molar-refractivity contribution >= 4 is 16.5 Å². The highest BCUT2D eigenvalue weighted by Crippen LogP contribution is 2.15. The minimum absolute atomic E-state index is 0.522. The van der Waals surface area contributed by atoms with Gasteiger partial charge in [0.15, 0.2) is 5.13 Å². The van der Waals surface area contributed by atoms with E-state index in [4.69, 9.17) is 4.74 Å². The SMILES string of the molecule is CCc1csc(NCC(C)COC)n1. The Balaban J connectivity index is 2.30. The fourth-order valence-electron chi connectivity index (χ4n) is 1.16. The number of hydrogen-bond donors (Lipinski definition) is 1. The predicted molar refractivity (Wildman–Crippen MR) is 61.0 cm³/mol. The molecule has 4 heteroatoms. The first-order chi connectivity index (χ1) is 6.76. The minimum Gasteiger partial charge on any atom is -0.384 e. The smallest absolute Gasteiger partial charge is 0.182 e. The minimum atomic E-state index is 0.522. The molecule has 14 heavy (non-hydrogen) atoms. The Morgan fingerprint density at radius 3 is 3.00 bits per heavy atom. The van der Waals surface area contributed by atoms with Crippen LogP contribution in [0.25, 0.3) is 0 Å². The third-order valence-corrected chi connectivity index (χ3v) is 2.82. The summed E-state index contributed by atoms with van der Waals surface area (Å²) in [6, 6.07) is 0. The zero-order chi connectivity index (χ0) is 10.4. The second-order valence-electron chi connectivity index (χ2n) is 3.44. The van der Waals surface area contributed by atoms with E-state index in [1.165, 1.54) is 0 Å². The number of aromatic nitrogens is 1. The van der Waals surface area contributed by atoms with Crippen LogP contribution in [0.15, 0.2) is 5.38 Å². The molecule has 1 unspecified atom stereocenters. The lowest BCUT2D eigenvalue weighted by molar-refractivity contribution is 0.164. The molecule has 0 aliphatic carbocycles. The summed E-state index contributed by atoms with van der Waals surface area (Å²) in [4.78, 5) is 4.43. The van der Waals surface area contributed by atoms with Gasteiger partial charge >= 0.3 is 0 Å². The molecule has 1 atom stereocenters. The third-order valence-electron chi connectivity index (χ3n) is 1.97. The van der Waals surface area contributed by atoms with Gasteiger partial charge in [-0.25, -0.2) is 4.98 Å². The lowest BCUT2D eigenvalue weighted by Crippen LogP contribution is -2.15. The summed E-state index contributed by atoms with van der Waals surface area (Å²) in [5, 5.41) is 6.43. The monoisotopic (exact) mass is 214 g/mol. The Morgan fingerprint density at radius 2 is 2.43 bits per heavy atom. The van der Waals surface area contributed by atoms with Crippen LogP contribution in [0.5, 0.6) is 0 Å². The van der Waals surface area contributed by atoms with E-state index < -0.39 is 0 Å². The number of thiazole rings is 1. The molecule has 0 aromatic carbocycles. The van der Waals surface area contributed by atoms with Crippen LogP contribution in [0.4, 0.5) is 5.13 Å². The standard InChI is InChI=1S/C10H18N2OS/c1-4-9-7-14-10(12-9)11-5-8(2)6-13-3/h7-8H,4-6H2,1-3H3,(H,11,12). The van der Waals surface area contributed by atoms with Gasteiger partial charge < -0.3 is 10.1 Å². The van der Waals surface area contributed by atoms with Crippen molar-refractivity contribution in [1.82, 2.24) is 4.98 Å². The fraction of sp³-hybridized carbons (Fsp3) is 0.700. The van der Waals surface area contributed by atoms with E-state index in [-0.39, 0.29) is 0 Å². The Labute approximate surface area is 89.5 Å². The number of aryl methyl sites for hydroxylation is 1. The topological polar surface area (TPSA) is 34.1 Å². The van der Waals surface area contributed by atoms with Gasteiger partial charge in [0.25, 0.3) is 0 Å². The number of ether oxygens (including phenoxy) is 1. The van der Waals surface area contributed by atoms with Gasteiger partial charge in [0, 0.05) is 19.0 Å². The largest absolute Gasteiger partial charge is 0.384 e. The van der Waals surface area contributed by atoms with Gasteiger partial charge in [0.05, 0.1) is 12.3 Å². The Kier molecular flexibility index (Phi) is 4.90. The van der Waals surface area contributed by atoms with Crippen molar-refractivity contribution in [2.24, 2.45) is 5.92 Å². The summed E-state index contributed by atoms with van der Waals surface area (Å²) in [6.45, 7) is 5.99. The average molecular weight is 214 g/mol. The van der Waals surface area contributed by atoms with Crippen molar-refractivity contribution < 1.29 is 4.74 Å². The molecule has 1 rings (SSSR count). The summed E-state index contributed by atoms with van der Waals surface area (Å²) in [7, 11) is 1.73. The highest BCUT2D eigenvalue weighted by molar-refractivity contribution is 7.13. The molecule has 1 N–H and O–H groups in total. The first kappa shape index (κ1) is 11.5. The van der Waals surface area contributed by atoms with Crippen LogP contribution in [0.2, 0.25) is 0 Å². The quantitative estimate of drug-likeness (QED) is 0.789. The van der Waals surface area contributed by atoms with Crippen molar-refractivity contribution in [3.63, 3.8) is 0 Å². The van der Waals surface area contributed by atoms with Gasteiger partial charge in [0.2, 0.25) is 0 Å². The second-order valence-corrected chi connectivity index (χ2v) is 4.30. The molecular weight excluding hydrogens is 196 g/mol. The third kappa shape index (κ3) is 3.64. The highest BCUT2D eigenvalue weighted by atomic mass is 32.1. The normalized spacial score (nSPS) is 12.8. The first-order valence-electron chi connectivity index (χ1n) is 4.93. The van der Waals surface area contributed by atoms with Gasteiger partial charge in [0.1, 0.15) is 0 Å². The molecule has 1 aromatic rings. The van der Waals surface area contributed by atoms with Crippen molar-refractivity contribution in [1.29, 1.82) is 0 Å². The van der Waals surface area contributed by atoms with Gasteiger partial charge in [-0.1, -0.05) is 13.8 Å². The Morgan fingerprint density at radius 1 is 1.64 bits per heavy atom. The summed E-state index contributed by atoms with van der Waals surface area (Å²) >= 11 is 1.67. The summed E-state index contributed by atoms with van der Waals surface area (Å²) in [5.74, 6) is 0.522. The van der Waals surface area contributed by atoms with Crippen LogP contribution in [-0.4, -0.2) is 25.2 Å². The molecule has 1 heterocycles. The van der Waals surface area contributed by atoms with Crippen LogP contribution in [0.1, 0.15) is 19.5 Å². The van der Waals surface area contributed by atoms with Crippen LogP contribution < -0.4 is 5.32 Å². The van der Waals surface area contributed by atoms with E-state index in [1.807, 2.05) is 0 Å². The molecule has 0 aliphatic heterocycles. The van der Waals surface area contributed by atoms with Crippen molar-refractivity contribution in [2.75, 3.05) is 25.6 Å². The predicted octanol–water partition coefficient (Wildman–Crippen LogP) is 2.40. The molecule has 80 valence electrons. The maximum Gasteiger partial charge on any atom is 0.182 e. The van der Waals surface area contributed by atoms with Crippen molar-refractivity contribution in [3.05, 3.63) is 11.1 Å². The van der Waals surface area contributed by atoms with E-state index in [2.05, 4.69) is 29.5 Å². The number of rotatable bonds is 6. The maximum atomic E-state index is 5.06. The maximum absolute atomic E-state index is 5.06. The lowest BCUT2D eigenvalue weighted by atomic mass is 10.2. The van der Waals surface area contributed by atoms with Crippen LogP contribution >= 0.6 is 11.3 Å². The molecule has 0 bridgehead atoms. The second kappa shape index (κ2) is 5.98. The number of nitrogens with one attached hydrogen (secondary N) is 1. The molecule has 0 radical (unpaired) electrons. The van der Waals surface area contributed by atoms with Crippen LogP contribution in [-0.2, 0) is 11.2 Å². The van der Waals surface area contributed by atoms with Crippen LogP contribution in [0.3, 0.4) is 0 Å². The zero-order valence-electron chi connectivity index (χ0n) is 9.04. The molecule has 0 aliphatic rings. The highest BCUT2D eigenvalue weighted by Gasteiger charge is 2.03. The Hall–Kier alpha value is -0.610. The number of methoxy groups -OCH3 is 1. The molecule has 3 nitrogen and oxygen atoms in total. The molecule has 0 fully saturated rings. The molecule has 0 saturated carbocycles. The average Bonchev–Trinajstić information content (AvgIpc) is 2.63. The molecular formula is C10H18N2OS. The van der Waals surface area contributed by atoms with Gasteiger partial charge in [-0.05, 0) is 12.3 Å². The van der Waals surface area contributed by atoms with Gasteiger partial charge in [-0.3, -0.25) is 0 Å². The van der Waals surface area contributed by atoms with E-state index in [0.29, 0.717) is 5.92 Å². The number of nitrogens with zero attached hydrogens (tertiary/aromatic N) is 1. The summed E-state index contributed by atoms with van der Waals surface area (Å²) in [6.07, 6.45) is 1.01. The van der Waals surface area contributed by atoms with Gasteiger partial charge in [-0.15, -0.1) is 11.3 Å². The number of hydrogen-bond acceptors (Lipinski definition) is 4. The van der Waals surface area contributed by atoms with Crippen molar-refractivity contribution in [2.45, 2.75) is 20.3 Å². The van der Waals surface area contributed by atoms with E-state index in [9.17, 15) is 0 Å².